The molecular formula is C12H14BrF3O2. The molecule has 0 saturated heterocycles. The third-order valence-corrected chi connectivity index (χ3v) is 2.92. The molecule has 102 valence electrons. The molecule has 1 aromatic rings. The molecule has 6 heteroatoms. The molecule has 0 amide bonds. The van der Waals surface area contributed by atoms with Gasteiger partial charge in [-0.3, -0.25) is 4.74 Å². The fraction of sp³-hybridized carbons (Fsp3) is 0.500. The first-order valence-corrected chi connectivity index (χ1v) is 6.45. The van der Waals surface area contributed by atoms with Crippen molar-refractivity contribution in [3.63, 3.8) is 0 Å². The molecule has 0 spiro atoms. The number of aryl methyl sites for hydroxylation is 2. The maximum absolute atomic E-state index is 11.8. The second-order valence-electron chi connectivity index (χ2n) is 3.84. The quantitative estimate of drug-likeness (QED) is 0.598. The Labute approximate surface area is 112 Å². The number of hydrogen-bond donors (Lipinski definition) is 0. The zero-order valence-corrected chi connectivity index (χ0v) is 11.7. The average molecular weight is 327 g/mol. The van der Waals surface area contributed by atoms with E-state index in [1.807, 2.05) is 26.0 Å². The summed E-state index contributed by atoms with van der Waals surface area (Å²) in [6.07, 6.45) is -4.60. The Kier molecular flexibility index (Phi) is 5.47. The van der Waals surface area contributed by atoms with Gasteiger partial charge in [0.15, 0.2) is 0 Å². The highest BCUT2D eigenvalue weighted by molar-refractivity contribution is 9.08. The van der Waals surface area contributed by atoms with Crippen LogP contribution in [0.5, 0.6) is 5.75 Å². The molecule has 0 heterocycles. The van der Waals surface area contributed by atoms with E-state index in [2.05, 4.69) is 20.7 Å². The summed E-state index contributed by atoms with van der Waals surface area (Å²) in [4.78, 5) is 0. The largest absolute Gasteiger partial charge is 0.522 e. The van der Waals surface area contributed by atoms with E-state index < -0.39 is 13.0 Å². The summed E-state index contributed by atoms with van der Waals surface area (Å²) < 4.78 is 44.2. The van der Waals surface area contributed by atoms with E-state index in [1.165, 1.54) is 0 Å². The second-order valence-corrected chi connectivity index (χ2v) is 4.40. The molecule has 0 atom stereocenters. The first-order valence-electron chi connectivity index (χ1n) is 5.33. The lowest BCUT2D eigenvalue weighted by Gasteiger charge is -2.14. The van der Waals surface area contributed by atoms with Crippen LogP contribution in [0.4, 0.5) is 13.2 Å². The van der Waals surface area contributed by atoms with Gasteiger partial charge in [0.2, 0.25) is 0 Å². The lowest BCUT2D eigenvalue weighted by molar-refractivity contribution is -0.325. The van der Waals surface area contributed by atoms with Crippen LogP contribution >= 0.6 is 15.9 Å². The standard InChI is InChI=1S/C12H14BrF3O2/c1-8-5-10(7-13)6-9(2)11(8)17-3-4-18-12(14,15)16/h5-6H,3-4,7H2,1-2H3. The van der Waals surface area contributed by atoms with Crippen molar-refractivity contribution >= 4 is 15.9 Å². The lowest BCUT2D eigenvalue weighted by atomic mass is 10.1. The van der Waals surface area contributed by atoms with Gasteiger partial charge in [0.05, 0.1) is 6.61 Å². The summed E-state index contributed by atoms with van der Waals surface area (Å²) >= 11 is 3.35. The van der Waals surface area contributed by atoms with Crippen LogP contribution in [-0.4, -0.2) is 19.6 Å². The molecule has 0 aliphatic rings. The highest BCUT2D eigenvalue weighted by Crippen LogP contribution is 2.26. The van der Waals surface area contributed by atoms with Gasteiger partial charge in [0.1, 0.15) is 12.4 Å². The smallest absolute Gasteiger partial charge is 0.491 e. The molecule has 0 unspecified atom stereocenters. The van der Waals surface area contributed by atoms with Gasteiger partial charge < -0.3 is 4.74 Å². The van der Waals surface area contributed by atoms with Crippen LogP contribution in [0.1, 0.15) is 16.7 Å². The van der Waals surface area contributed by atoms with Crippen LogP contribution in [0.2, 0.25) is 0 Å². The molecule has 1 rings (SSSR count). The summed E-state index contributed by atoms with van der Waals surface area (Å²) in [6.45, 7) is 3.08. The first kappa shape index (κ1) is 15.3. The second kappa shape index (κ2) is 6.43. The van der Waals surface area contributed by atoms with Crippen molar-refractivity contribution in [3.8, 4) is 5.75 Å². The molecule has 0 radical (unpaired) electrons. The van der Waals surface area contributed by atoms with E-state index in [1.54, 1.807) is 0 Å². The molecule has 0 fully saturated rings. The highest BCUT2D eigenvalue weighted by Gasteiger charge is 2.28. The summed E-state index contributed by atoms with van der Waals surface area (Å²) in [5.41, 5.74) is 2.90. The van der Waals surface area contributed by atoms with Gasteiger partial charge in [0, 0.05) is 5.33 Å². The van der Waals surface area contributed by atoms with E-state index in [9.17, 15) is 13.2 Å². The third kappa shape index (κ3) is 4.86. The van der Waals surface area contributed by atoms with E-state index >= 15 is 0 Å². The molecule has 0 bridgehead atoms. The molecule has 0 aromatic heterocycles. The Hall–Kier alpha value is -0.750. The van der Waals surface area contributed by atoms with Gasteiger partial charge in [-0.15, -0.1) is 13.2 Å². The fourth-order valence-corrected chi connectivity index (χ4v) is 1.97. The van der Waals surface area contributed by atoms with Gasteiger partial charge in [-0.25, -0.2) is 0 Å². The van der Waals surface area contributed by atoms with Crippen LogP contribution < -0.4 is 4.74 Å². The minimum atomic E-state index is -4.60. The Morgan fingerprint density at radius 1 is 1.11 bits per heavy atom. The number of alkyl halides is 4. The van der Waals surface area contributed by atoms with Gasteiger partial charge >= 0.3 is 6.36 Å². The SMILES string of the molecule is Cc1cc(CBr)cc(C)c1OCCOC(F)(F)F. The zero-order chi connectivity index (χ0) is 13.8. The number of rotatable bonds is 5. The zero-order valence-electron chi connectivity index (χ0n) is 10.1. The highest BCUT2D eigenvalue weighted by atomic mass is 79.9. The van der Waals surface area contributed by atoms with Crippen LogP contribution in [0.25, 0.3) is 0 Å². The molecule has 0 aliphatic carbocycles. The maximum atomic E-state index is 11.8. The lowest BCUT2D eigenvalue weighted by Crippen LogP contribution is -2.18. The van der Waals surface area contributed by atoms with Gasteiger partial charge in [-0.1, -0.05) is 28.1 Å². The van der Waals surface area contributed by atoms with Crippen molar-refractivity contribution in [1.29, 1.82) is 0 Å². The number of hydrogen-bond acceptors (Lipinski definition) is 2. The number of ether oxygens (including phenoxy) is 2. The maximum Gasteiger partial charge on any atom is 0.522 e. The normalized spacial score (nSPS) is 11.7. The van der Waals surface area contributed by atoms with Gasteiger partial charge in [-0.05, 0) is 30.5 Å². The van der Waals surface area contributed by atoms with Crippen LogP contribution in [0.15, 0.2) is 12.1 Å². The molecular weight excluding hydrogens is 313 g/mol. The van der Waals surface area contributed by atoms with Crippen LogP contribution in [0.3, 0.4) is 0 Å². The van der Waals surface area contributed by atoms with Crippen molar-refractivity contribution in [2.24, 2.45) is 0 Å². The van der Waals surface area contributed by atoms with Crippen molar-refractivity contribution in [2.45, 2.75) is 25.5 Å². The minimum Gasteiger partial charge on any atom is -0.491 e. The predicted molar refractivity (Wildman–Crippen MR) is 66.0 cm³/mol. The Balaban J connectivity index is 2.57. The first-order chi connectivity index (χ1) is 8.33. The van der Waals surface area contributed by atoms with E-state index in [0.717, 1.165) is 22.0 Å². The van der Waals surface area contributed by atoms with E-state index in [0.29, 0.717) is 5.75 Å². The average Bonchev–Trinajstić information content (AvgIpc) is 2.25. The van der Waals surface area contributed by atoms with Crippen LogP contribution in [-0.2, 0) is 10.1 Å². The van der Waals surface area contributed by atoms with Crippen LogP contribution in [0, 0.1) is 13.8 Å². The number of benzene rings is 1. The molecule has 0 N–H and O–H groups in total. The van der Waals surface area contributed by atoms with E-state index in [-0.39, 0.29) is 6.61 Å². The minimum absolute atomic E-state index is 0.130. The molecule has 18 heavy (non-hydrogen) atoms. The van der Waals surface area contributed by atoms with Crippen molar-refractivity contribution in [3.05, 3.63) is 28.8 Å². The molecule has 2 nitrogen and oxygen atoms in total. The summed E-state index contributed by atoms with van der Waals surface area (Å²) in [5, 5.41) is 0.728. The molecule has 0 saturated carbocycles. The van der Waals surface area contributed by atoms with E-state index in [4.69, 9.17) is 4.74 Å². The fourth-order valence-electron chi connectivity index (χ4n) is 1.65. The summed E-state index contributed by atoms with van der Waals surface area (Å²) in [7, 11) is 0. The Morgan fingerprint density at radius 3 is 2.11 bits per heavy atom. The monoisotopic (exact) mass is 326 g/mol. The van der Waals surface area contributed by atoms with Gasteiger partial charge in [-0.2, -0.15) is 0 Å². The van der Waals surface area contributed by atoms with Crippen molar-refractivity contribution in [2.75, 3.05) is 13.2 Å². The third-order valence-electron chi connectivity index (χ3n) is 2.27. The Morgan fingerprint density at radius 2 is 1.67 bits per heavy atom. The topological polar surface area (TPSA) is 18.5 Å². The van der Waals surface area contributed by atoms with Crippen molar-refractivity contribution in [1.82, 2.24) is 0 Å². The molecule has 1 aromatic carbocycles. The number of halogens is 4. The summed E-state index contributed by atoms with van der Waals surface area (Å²) in [5.74, 6) is 0.616. The Bertz CT molecular complexity index is 382. The summed E-state index contributed by atoms with van der Waals surface area (Å²) in [6, 6.07) is 3.86. The van der Waals surface area contributed by atoms with Crippen molar-refractivity contribution < 1.29 is 22.6 Å². The van der Waals surface area contributed by atoms with Gasteiger partial charge in [0.25, 0.3) is 0 Å². The predicted octanol–water partition coefficient (Wildman–Crippen LogP) is 4.11. The molecule has 0 aliphatic heterocycles.